The van der Waals surface area contributed by atoms with Crippen molar-refractivity contribution in [2.45, 2.75) is 32.6 Å². The first-order valence-electron chi connectivity index (χ1n) is 7.45. The van der Waals surface area contributed by atoms with Crippen LogP contribution in [-0.2, 0) is 16.1 Å². The molecule has 0 aromatic heterocycles. The van der Waals surface area contributed by atoms with Crippen LogP contribution in [0.3, 0.4) is 0 Å². The fourth-order valence-corrected chi connectivity index (χ4v) is 2.77. The molecule has 1 aliphatic rings. The van der Waals surface area contributed by atoms with Gasteiger partial charge in [-0.3, -0.25) is 4.79 Å². The van der Waals surface area contributed by atoms with E-state index in [0.29, 0.717) is 13.1 Å². The van der Waals surface area contributed by atoms with Crippen molar-refractivity contribution in [3.05, 3.63) is 29.8 Å². The number of benzene rings is 1. The van der Waals surface area contributed by atoms with Gasteiger partial charge in [0.2, 0.25) is 0 Å². The summed E-state index contributed by atoms with van der Waals surface area (Å²) in [6.07, 6.45) is 0.441. The average Bonchev–Trinajstić information content (AvgIpc) is 2.44. The molecular weight excluding hydrogens is 268 g/mol. The number of quaternary nitrogens is 1. The summed E-state index contributed by atoms with van der Waals surface area (Å²) in [5.74, 6) is 0.910. The van der Waals surface area contributed by atoms with Crippen molar-refractivity contribution < 1.29 is 19.2 Å². The van der Waals surface area contributed by atoms with E-state index >= 15 is 0 Å². The molecule has 5 heteroatoms. The zero-order chi connectivity index (χ0) is 15.2. The van der Waals surface area contributed by atoms with Gasteiger partial charge in [-0.2, -0.15) is 0 Å². The van der Waals surface area contributed by atoms with E-state index in [4.69, 9.17) is 9.47 Å². The maximum Gasteiger partial charge on any atom is 0.275 e. The lowest BCUT2D eigenvalue weighted by Gasteiger charge is -2.31. The molecule has 1 aromatic rings. The number of ether oxygens (including phenoxy) is 2. The number of carbonyl (C=O) groups excluding carboxylic acids is 1. The number of morpholine rings is 1. The van der Waals surface area contributed by atoms with Crippen LogP contribution in [0, 0.1) is 0 Å². The van der Waals surface area contributed by atoms with E-state index in [1.165, 1.54) is 4.90 Å². The van der Waals surface area contributed by atoms with E-state index in [0.717, 1.165) is 24.4 Å². The number of nitrogens with one attached hydrogen (secondary N) is 2. The van der Waals surface area contributed by atoms with E-state index in [2.05, 4.69) is 19.2 Å². The highest BCUT2D eigenvalue weighted by Gasteiger charge is 2.26. The number of rotatable bonds is 5. The SMILES string of the molecule is COc1ccc(CNC(=O)C[NH+]2C[C@@H](C)O[C@H](C)C2)cc1. The highest BCUT2D eigenvalue weighted by atomic mass is 16.5. The van der Waals surface area contributed by atoms with Gasteiger partial charge in [0.25, 0.3) is 5.91 Å². The van der Waals surface area contributed by atoms with Crippen molar-refractivity contribution >= 4 is 5.91 Å². The first-order valence-corrected chi connectivity index (χ1v) is 7.45. The van der Waals surface area contributed by atoms with Crippen LogP contribution in [-0.4, -0.2) is 44.9 Å². The Hall–Kier alpha value is -1.59. The molecule has 116 valence electrons. The minimum absolute atomic E-state index is 0.0853. The number of amides is 1. The Balaban J connectivity index is 1.76. The normalized spacial score (nSPS) is 25.4. The molecule has 1 heterocycles. The van der Waals surface area contributed by atoms with Gasteiger partial charge in [0.05, 0.1) is 7.11 Å². The number of hydrogen-bond acceptors (Lipinski definition) is 3. The standard InChI is InChI=1S/C16H24N2O3/c1-12-9-18(10-13(2)21-12)11-16(19)17-8-14-4-6-15(20-3)7-5-14/h4-7,12-13H,8-11H2,1-3H3,(H,17,19)/p+1/t12-,13-/m1/s1. The molecule has 0 unspecified atom stereocenters. The second-order valence-corrected chi connectivity index (χ2v) is 5.72. The Labute approximate surface area is 126 Å². The molecule has 21 heavy (non-hydrogen) atoms. The summed E-state index contributed by atoms with van der Waals surface area (Å²) in [4.78, 5) is 13.3. The summed E-state index contributed by atoms with van der Waals surface area (Å²) in [6.45, 7) is 6.96. The lowest BCUT2D eigenvalue weighted by Crippen LogP contribution is -3.16. The van der Waals surface area contributed by atoms with Crippen molar-refractivity contribution in [2.75, 3.05) is 26.7 Å². The first kappa shape index (κ1) is 15.8. The molecule has 5 nitrogen and oxygen atoms in total. The third-order valence-corrected chi connectivity index (χ3v) is 3.68. The molecule has 1 saturated heterocycles. The van der Waals surface area contributed by atoms with Crippen LogP contribution in [0.15, 0.2) is 24.3 Å². The largest absolute Gasteiger partial charge is 0.497 e. The third kappa shape index (κ3) is 5.02. The summed E-state index contributed by atoms with van der Waals surface area (Å²) in [5.41, 5.74) is 1.07. The molecule has 1 aliphatic heterocycles. The predicted octanol–water partition coefficient (Wildman–Crippen LogP) is 0.00350. The second-order valence-electron chi connectivity index (χ2n) is 5.72. The van der Waals surface area contributed by atoms with E-state index < -0.39 is 0 Å². The van der Waals surface area contributed by atoms with Gasteiger partial charge in [-0.15, -0.1) is 0 Å². The van der Waals surface area contributed by atoms with E-state index in [1.54, 1.807) is 7.11 Å². The Bertz CT molecular complexity index is 451. The maximum absolute atomic E-state index is 12.0. The Morgan fingerprint density at radius 1 is 1.29 bits per heavy atom. The third-order valence-electron chi connectivity index (χ3n) is 3.68. The Kier molecular flexibility index (Phi) is 5.59. The molecule has 2 N–H and O–H groups in total. The summed E-state index contributed by atoms with van der Waals surface area (Å²) >= 11 is 0. The van der Waals surface area contributed by atoms with Crippen molar-refractivity contribution in [2.24, 2.45) is 0 Å². The molecule has 2 atom stereocenters. The summed E-state index contributed by atoms with van der Waals surface area (Å²) in [7, 11) is 1.64. The highest BCUT2D eigenvalue weighted by molar-refractivity contribution is 5.76. The lowest BCUT2D eigenvalue weighted by molar-refractivity contribution is -0.907. The topological polar surface area (TPSA) is 52.0 Å². The second kappa shape index (κ2) is 7.43. The lowest BCUT2D eigenvalue weighted by atomic mass is 10.2. The fraction of sp³-hybridized carbons (Fsp3) is 0.562. The number of methoxy groups -OCH3 is 1. The van der Waals surface area contributed by atoms with Crippen LogP contribution in [0.1, 0.15) is 19.4 Å². The van der Waals surface area contributed by atoms with Crippen LogP contribution in [0.4, 0.5) is 0 Å². The van der Waals surface area contributed by atoms with Crippen molar-refractivity contribution in [3.8, 4) is 5.75 Å². The van der Waals surface area contributed by atoms with Gasteiger partial charge in [-0.1, -0.05) is 12.1 Å². The summed E-state index contributed by atoms with van der Waals surface area (Å²) < 4.78 is 10.8. The van der Waals surface area contributed by atoms with Gasteiger partial charge in [0.1, 0.15) is 31.0 Å². The van der Waals surface area contributed by atoms with Gasteiger partial charge >= 0.3 is 0 Å². The molecule has 0 bridgehead atoms. The minimum Gasteiger partial charge on any atom is -0.497 e. The van der Waals surface area contributed by atoms with E-state index in [1.807, 2.05) is 24.3 Å². The Morgan fingerprint density at radius 2 is 1.90 bits per heavy atom. The predicted molar refractivity (Wildman–Crippen MR) is 80.4 cm³/mol. The minimum atomic E-state index is 0.0853. The van der Waals surface area contributed by atoms with Gasteiger partial charge in [-0.25, -0.2) is 0 Å². The van der Waals surface area contributed by atoms with Crippen LogP contribution < -0.4 is 15.0 Å². The van der Waals surface area contributed by atoms with E-state index in [-0.39, 0.29) is 18.1 Å². The molecule has 0 radical (unpaired) electrons. The Morgan fingerprint density at radius 3 is 2.48 bits per heavy atom. The van der Waals surface area contributed by atoms with Crippen LogP contribution >= 0.6 is 0 Å². The average molecular weight is 293 g/mol. The van der Waals surface area contributed by atoms with Gasteiger partial charge in [0, 0.05) is 6.54 Å². The van der Waals surface area contributed by atoms with Crippen molar-refractivity contribution in [1.29, 1.82) is 0 Å². The molecule has 2 rings (SSSR count). The monoisotopic (exact) mass is 293 g/mol. The first-order chi connectivity index (χ1) is 10.1. The van der Waals surface area contributed by atoms with Crippen LogP contribution in [0.5, 0.6) is 5.75 Å². The number of hydrogen-bond donors (Lipinski definition) is 2. The maximum atomic E-state index is 12.0. The highest BCUT2D eigenvalue weighted by Crippen LogP contribution is 2.10. The molecule has 1 aromatic carbocycles. The zero-order valence-electron chi connectivity index (χ0n) is 13.0. The summed E-state index contributed by atoms with van der Waals surface area (Å²) in [5, 5.41) is 2.97. The zero-order valence-corrected chi connectivity index (χ0v) is 13.0. The molecular formula is C16H25N2O3+. The molecule has 1 amide bonds. The van der Waals surface area contributed by atoms with Gasteiger partial charge in [0.15, 0.2) is 6.54 Å². The molecule has 0 aliphatic carbocycles. The number of carbonyl (C=O) groups is 1. The fourth-order valence-electron chi connectivity index (χ4n) is 2.77. The summed E-state index contributed by atoms with van der Waals surface area (Å²) in [6, 6.07) is 7.73. The van der Waals surface area contributed by atoms with Gasteiger partial charge in [-0.05, 0) is 31.5 Å². The van der Waals surface area contributed by atoms with Crippen LogP contribution in [0.2, 0.25) is 0 Å². The molecule has 0 spiro atoms. The van der Waals surface area contributed by atoms with Crippen molar-refractivity contribution in [3.63, 3.8) is 0 Å². The van der Waals surface area contributed by atoms with Crippen molar-refractivity contribution in [1.82, 2.24) is 5.32 Å². The van der Waals surface area contributed by atoms with Crippen LogP contribution in [0.25, 0.3) is 0 Å². The smallest absolute Gasteiger partial charge is 0.275 e. The van der Waals surface area contributed by atoms with E-state index in [9.17, 15) is 4.79 Å². The quantitative estimate of drug-likeness (QED) is 0.804. The molecule has 1 fully saturated rings. The van der Waals surface area contributed by atoms with Gasteiger partial charge < -0.3 is 19.7 Å². The molecule has 0 saturated carbocycles.